The molecular weight excluding hydrogens is 312 g/mol. The Bertz CT molecular complexity index is 444. The highest BCUT2D eigenvalue weighted by molar-refractivity contribution is 9.10. The molecule has 1 aliphatic rings. The SMILES string of the molecule is CC(C)=CCN1CCC(NCc2cccc(Br)c2)CC1. The summed E-state index contributed by atoms with van der Waals surface area (Å²) in [7, 11) is 0. The molecule has 20 heavy (non-hydrogen) atoms. The second-order valence-electron chi connectivity index (χ2n) is 5.87. The highest BCUT2D eigenvalue weighted by Crippen LogP contribution is 2.14. The maximum Gasteiger partial charge on any atom is 0.0208 e. The van der Waals surface area contributed by atoms with Crippen molar-refractivity contribution in [1.82, 2.24) is 10.2 Å². The molecule has 1 aliphatic heterocycles. The van der Waals surface area contributed by atoms with Crippen molar-refractivity contribution >= 4 is 15.9 Å². The molecule has 0 radical (unpaired) electrons. The Hall–Kier alpha value is -0.640. The molecular formula is C17H25BrN2. The van der Waals surface area contributed by atoms with Gasteiger partial charge in [0.1, 0.15) is 0 Å². The van der Waals surface area contributed by atoms with Crippen LogP contribution in [0.5, 0.6) is 0 Å². The minimum Gasteiger partial charge on any atom is -0.310 e. The molecule has 0 unspecified atom stereocenters. The Kier molecular flexibility index (Phi) is 6.27. The fourth-order valence-electron chi connectivity index (χ4n) is 2.54. The van der Waals surface area contributed by atoms with Crippen LogP contribution < -0.4 is 5.32 Å². The van der Waals surface area contributed by atoms with Crippen molar-refractivity contribution < 1.29 is 0 Å². The molecule has 0 aliphatic carbocycles. The Morgan fingerprint density at radius 1 is 1.35 bits per heavy atom. The van der Waals surface area contributed by atoms with Crippen molar-refractivity contribution in [2.45, 2.75) is 39.3 Å². The van der Waals surface area contributed by atoms with E-state index in [1.54, 1.807) is 0 Å². The number of nitrogens with zero attached hydrogens (tertiary/aromatic N) is 1. The smallest absolute Gasteiger partial charge is 0.0208 e. The van der Waals surface area contributed by atoms with Gasteiger partial charge in [0.05, 0.1) is 0 Å². The zero-order valence-corrected chi connectivity index (χ0v) is 14.1. The summed E-state index contributed by atoms with van der Waals surface area (Å²) in [5, 5.41) is 3.69. The number of hydrogen-bond acceptors (Lipinski definition) is 2. The van der Waals surface area contributed by atoms with Crippen LogP contribution in [0.25, 0.3) is 0 Å². The normalized spacial score (nSPS) is 17.1. The second kappa shape index (κ2) is 7.96. The number of benzene rings is 1. The number of nitrogens with one attached hydrogen (secondary N) is 1. The Balaban J connectivity index is 1.71. The lowest BCUT2D eigenvalue weighted by atomic mass is 10.0. The summed E-state index contributed by atoms with van der Waals surface area (Å²) in [6.07, 6.45) is 4.84. The quantitative estimate of drug-likeness (QED) is 0.818. The fraction of sp³-hybridized carbons (Fsp3) is 0.529. The minimum absolute atomic E-state index is 0.664. The van der Waals surface area contributed by atoms with Crippen molar-refractivity contribution in [2.24, 2.45) is 0 Å². The van der Waals surface area contributed by atoms with Crippen LogP contribution in [0.15, 0.2) is 40.4 Å². The molecule has 0 spiro atoms. The van der Waals surface area contributed by atoms with Gasteiger partial charge in [-0.1, -0.05) is 39.7 Å². The maximum atomic E-state index is 3.69. The van der Waals surface area contributed by atoms with Crippen LogP contribution in [0.3, 0.4) is 0 Å². The lowest BCUT2D eigenvalue weighted by Gasteiger charge is -2.31. The Morgan fingerprint density at radius 3 is 2.75 bits per heavy atom. The Labute approximate surface area is 131 Å². The first-order valence-corrected chi connectivity index (χ1v) is 8.26. The second-order valence-corrected chi connectivity index (χ2v) is 6.78. The molecule has 0 saturated carbocycles. The van der Waals surface area contributed by atoms with Crippen LogP contribution in [0, 0.1) is 0 Å². The van der Waals surface area contributed by atoms with E-state index < -0.39 is 0 Å². The highest BCUT2D eigenvalue weighted by atomic mass is 79.9. The number of rotatable bonds is 5. The minimum atomic E-state index is 0.664. The molecule has 1 aromatic rings. The van der Waals surface area contributed by atoms with Gasteiger partial charge in [0.15, 0.2) is 0 Å². The van der Waals surface area contributed by atoms with Gasteiger partial charge in [0.2, 0.25) is 0 Å². The predicted molar refractivity (Wildman–Crippen MR) is 89.9 cm³/mol. The van der Waals surface area contributed by atoms with Gasteiger partial charge < -0.3 is 5.32 Å². The van der Waals surface area contributed by atoms with Crippen molar-refractivity contribution in [3.63, 3.8) is 0 Å². The zero-order valence-electron chi connectivity index (χ0n) is 12.5. The molecule has 1 heterocycles. The molecule has 0 aromatic heterocycles. The van der Waals surface area contributed by atoms with Gasteiger partial charge in [0.25, 0.3) is 0 Å². The van der Waals surface area contributed by atoms with E-state index in [2.05, 4.69) is 70.3 Å². The molecule has 2 rings (SSSR count). The first-order chi connectivity index (χ1) is 9.63. The number of likely N-dealkylation sites (tertiary alicyclic amines) is 1. The summed E-state index contributed by atoms with van der Waals surface area (Å²) >= 11 is 3.52. The molecule has 1 saturated heterocycles. The van der Waals surface area contributed by atoms with Crippen molar-refractivity contribution in [3.8, 4) is 0 Å². The van der Waals surface area contributed by atoms with Crippen LogP contribution in [0.1, 0.15) is 32.3 Å². The lowest BCUT2D eigenvalue weighted by molar-refractivity contribution is 0.214. The van der Waals surface area contributed by atoms with Crippen LogP contribution in [0.2, 0.25) is 0 Å². The van der Waals surface area contributed by atoms with Gasteiger partial charge in [-0.2, -0.15) is 0 Å². The number of allylic oxidation sites excluding steroid dienone is 1. The van der Waals surface area contributed by atoms with Gasteiger partial charge in [-0.15, -0.1) is 0 Å². The third kappa shape index (κ3) is 5.39. The van der Waals surface area contributed by atoms with Gasteiger partial charge in [0, 0.05) is 23.6 Å². The van der Waals surface area contributed by atoms with Crippen LogP contribution in [-0.4, -0.2) is 30.6 Å². The van der Waals surface area contributed by atoms with E-state index in [0.29, 0.717) is 6.04 Å². The predicted octanol–water partition coefficient (Wildman–Crippen LogP) is 3.97. The third-order valence-electron chi connectivity index (χ3n) is 3.83. The first kappa shape index (κ1) is 15.7. The molecule has 0 bridgehead atoms. The zero-order chi connectivity index (χ0) is 14.4. The van der Waals surface area contributed by atoms with Crippen molar-refractivity contribution in [2.75, 3.05) is 19.6 Å². The van der Waals surface area contributed by atoms with Gasteiger partial charge in [-0.3, -0.25) is 4.90 Å². The maximum absolute atomic E-state index is 3.69. The molecule has 1 fully saturated rings. The fourth-order valence-corrected chi connectivity index (χ4v) is 2.99. The van der Waals surface area contributed by atoms with Crippen LogP contribution in [0.4, 0.5) is 0 Å². The van der Waals surface area contributed by atoms with Gasteiger partial charge in [-0.05, 0) is 57.5 Å². The largest absolute Gasteiger partial charge is 0.310 e. The summed E-state index contributed by atoms with van der Waals surface area (Å²) in [6.45, 7) is 8.84. The molecule has 2 nitrogen and oxygen atoms in total. The van der Waals surface area contributed by atoms with E-state index >= 15 is 0 Å². The van der Waals surface area contributed by atoms with E-state index in [4.69, 9.17) is 0 Å². The summed E-state index contributed by atoms with van der Waals surface area (Å²) in [5.41, 5.74) is 2.77. The van der Waals surface area contributed by atoms with Crippen molar-refractivity contribution in [3.05, 3.63) is 46.0 Å². The van der Waals surface area contributed by atoms with Crippen LogP contribution in [-0.2, 0) is 6.54 Å². The van der Waals surface area contributed by atoms with E-state index in [1.165, 1.54) is 37.1 Å². The standard InChI is InChI=1S/C17H25BrN2/c1-14(2)6-9-20-10-7-17(8-11-20)19-13-15-4-3-5-16(18)12-15/h3-6,12,17,19H,7-11,13H2,1-2H3. The van der Waals surface area contributed by atoms with Gasteiger partial charge in [-0.25, -0.2) is 0 Å². The average molecular weight is 337 g/mol. The number of hydrogen-bond donors (Lipinski definition) is 1. The summed E-state index contributed by atoms with van der Waals surface area (Å²) in [4.78, 5) is 2.55. The van der Waals surface area contributed by atoms with Crippen LogP contribution >= 0.6 is 15.9 Å². The molecule has 0 amide bonds. The number of piperidine rings is 1. The van der Waals surface area contributed by atoms with E-state index in [0.717, 1.165) is 17.6 Å². The molecule has 110 valence electrons. The Morgan fingerprint density at radius 2 is 2.10 bits per heavy atom. The van der Waals surface area contributed by atoms with E-state index in [9.17, 15) is 0 Å². The van der Waals surface area contributed by atoms with Gasteiger partial charge >= 0.3 is 0 Å². The summed E-state index contributed by atoms with van der Waals surface area (Å²) in [6, 6.07) is 9.21. The lowest BCUT2D eigenvalue weighted by Crippen LogP contribution is -2.42. The first-order valence-electron chi connectivity index (χ1n) is 7.47. The van der Waals surface area contributed by atoms with E-state index in [1.807, 2.05) is 0 Å². The molecule has 0 atom stereocenters. The third-order valence-corrected chi connectivity index (χ3v) is 4.32. The molecule has 1 N–H and O–H groups in total. The highest BCUT2D eigenvalue weighted by Gasteiger charge is 2.17. The summed E-state index contributed by atoms with van der Waals surface area (Å²) in [5.74, 6) is 0. The average Bonchev–Trinajstić information content (AvgIpc) is 2.44. The number of halogens is 1. The topological polar surface area (TPSA) is 15.3 Å². The molecule has 1 aromatic carbocycles. The molecule has 3 heteroatoms. The van der Waals surface area contributed by atoms with E-state index in [-0.39, 0.29) is 0 Å². The van der Waals surface area contributed by atoms with Crippen molar-refractivity contribution in [1.29, 1.82) is 0 Å². The monoisotopic (exact) mass is 336 g/mol. The summed E-state index contributed by atoms with van der Waals surface area (Å²) < 4.78 is 1.16.